The Labute approximate surface area is 141 Å². The fourth-order valence-electron chi connectivity index (χ4n) is 2.16. The lowest BCUT2D eigenvalue weighted by atomic mass is 10.3. The van der Waals surface area contributed by atoms with Crippen molar-refractivity contribution >= 4 is 35.9 Å². The highest BCUT2D eigenvalue weighted by atomic mass is 32.1. The molecule has 1 atom stereocenters. The minimum absolute atomic E-state index is 0.191. The summed E-state index contributed by atoms with van der Waals surface area (Å²) in [6.45, 7) is 0.463. The highest BCUT2D eigenvalue weighted by Gasteiger charge is 2.34. The highest BCUT2D eigenvalue weighted by Crippen LogP contribution is 2.18. The second-order valence-electron chi connectivity index (χ2n) is 4.90. The molecule has 4 amide bonds. The SMILES string of the molecule is O=CC(NC(=O)N1CCN(N=Cc2ccco2)C1=O)c1cccs1. The Kier molecular flexibility index (Phi) is 4.71. The minimum atomic E-state index is -0.772. The normalized spacial score (nSPS) is 15.9. The number of aldehydes is 1. The van der Waals surface area contributed by atoms with E-state index in [9.17, 15) is 14.4 Å². The van der Waals surface area contributed by atoms with Gasteiger partial charge in [0.2, 0.25) is 0 Å². The third-order valence-electron chi connectivity index (χ3n) is 3.36. The number of imide groups is 1. The lowest BCUT2D eigenvalue weighted by molar-refractivity contribution is -0.109. The molecule has 1 N–H and O–H groups in total. The van der Waals surface area contributed by atoms with Crippen molar-refractivity contribution in [1.29, 1.82) is 0 Å². The van der Waals surface area contributed by atoms with Crippen molar-refractivity contribution in [1.82, 2.24) is 15.2 Å². The van der Waals surface area contributed by atoms with E-state index in [2.05, 4.69) is 10.4 Å². The zero-order valence-corrected chi connectivity index (χ0v) is 13.3. The summed E-state index contributed by atoms with van der Waals surface area (Å²) in [7, 11) is 0. The van der Waals surface area contributed by atoms with Gasteiger partial charge in [0.25, 0.3) is 0 Å². The fraction of sp³-hybridized carbons (Fsp3) is 0.200. The van der Waals surface area contributed by atoms with E-state index < -0.39 is 18.1 Å². The van der Waals surface area contributed by atoms with Crippen LogP contribution in [0, 0.1) is 0 Å². The van der Waals surface area contributed by atoms with Crippen LogP contribution in [0.2, 0.25) is 0 Å². The molecule has 2 aromatic heterocycles. The Morgan fingerprint density at radius 2 is 2.25 bits per heavy atom. The maximum Gasteiger partial charge on any atom is 0.348 e. The quantitative estimate of drug-likeness (QED) is 0.662. The lowest BCUT2D eigenvalue weighted by Crippen LogP contribution is -2.43. The number of amides is 4. The Bertz CT molecular complexity index is 742. The number of carbonyl (C=O) groups is 3. The third kappa shape index (κ3) is 3.35. The van der Waals surface area contributed by atoms with Gasteiger partial charge in [0.05, 0.1) is 25.6 Å². The Morgan fingerprint density at radius 1 is 1.38 bits per heavy atom. The molecule has 1 fully saturated rings. The molecule has 1 unspecified atom stereocenters. The molecule has 1 saturated heterocycles. The number of hydrogen-bond acceptors (Lipinski definition) is 6. The van der Waals surface area contributed by atoms with E-state index in [-0.39, 0.29) is 13.1 Å². The average Bonchev–Trinajstić information content (AvgIpc) is 3.32. The second kappa shape index (κ2) is 7.09. The topological polar surface area (TPSA) is 95.2 Å². The van der Waals surface area contributed by atoms with Crippen LogP contribution < -0.4 is 5.32 Å². The van der Waals surface area contributed by atoms with Crippen LogP contribution in [0.15, 0.2) is 45.4 Å². The minimum Gasteiger partial charge on any atom is -0.463 e. The molecule has 124 valence electrons. The first kappa shape index (κ1) is 15.9. The summed E-state index contributed by atoms with van der Waals surface area (Å²) < 4.78 is 5.09. The molecule has 0 aromatic carbocycles. The monoisotopic (exact) mass is 346 g/mol. The molecule has 2 aromatic rings. The van der Waals surface area contributed by atoms with Crippen LogP contribution in [-0.2, 0) is 4.79 Å². The largest absolute Gasteiger partial charge is 0.463 e. The molecule has 0 saturated carbocycles. The predicted molar refractivity (Wildman–Crippen MR) is 86.8 cm³/mol. The highest BCUT2D eigenvalue weighted by molar-refractivity contribution is 7.10. The van der Waals surface area contributed by atoms with Crippen molar-refractivity contribution in [3.8, 4) is 0 Å². The van der Waals surface area contributed by atoms with Gasteiger partial charge in [-0.25, -0.2) is 19.5 Å². The van der Waals surface area contributed by atoms with Crippen LogP contribution in [0.4, 0.5) is 9.59 Å². The van der Waals surface area contributed by atoms with Crippen LogP contribution >= 0.6 is 11.3 Å². The van der Waals surface area contributed by atoms with E-state index in [4.69, 9.17) is 4.42 Å². The zero-order chi connectivity index (χ0) is 16.9. The molecular formula is C15H14N4O4S. The molecule has 1 aliphatic heterocycles. The number of furan rings is 1. The van der Waals surface area contributed by atoms with Gasteiger partial charge in [0, 0.05) is 4.88 Å². The summed E-state index contributed by atoms with van der Waals surface area (Å²) in [5, 5.41) is 9.53. The first-order chi connectivity index (χ1) is 11.7. The van der Waals surface area contributed by atoms with Gasteiger partial charge in [-0.1, -0.05) is 6.07 Å². The smallest absolute Gasteiger partial charge is 0.348 e. The molecule has 0 spiro atoms. The first-order valence-corrected chi connectivity index (χ1v) is 8.02. The Balaban J connectivity index is 1.62. The number of carbonyl (C=O) groups excluding carboxylic acids is 3. The summed E-state index contributed by atoms with van der Waals surface area (Å²) in [5.41, 5.74) is 0. The Hall–Kier alpha value is -2.94. The van der Waals surface area contributed by atoms with Crippen molar-refractivity contribution in [2.45, 2.75) is 6.04 Å². The maximum absolute atomic E-state index is 12.2. The summed E-state index contributed by atoms with van der Waals surface area (Å²) in [6.07, 6.45) is 3.54. The van der Waals surface area contributed by atoms with E-state index in [0.717, 1.165) is 4.90 Å². The van der Waals surface area contributed by atoms with Crippen LogP contribution in [0.25, 0.3) is 0 Å². The predicted octanol–water partition coefficient (Wildman–Crippen LogP) is 2.06. The van der Waals surface area contributed by atoms with Gasteiger partial charge in [-0.05, 0) is 23.6 Å². The second-order valence-corrected chi connectivity index (χ2v) is 5.88. The van der Waals surface area contributed by atoms with E-state index in [1.165, 1.54) is 28.8 Å². The van der Waals surface area contributed by atoms with Gasteiger partial charge in [-0.2, -0.15) is 5.10 Å². The molecule has 24 heavy (non-hydrogen) atoms. The molecule has 3 rings (SSSR count). The van der Waals surface area contributed by atoms with Crippen LogP contribution in [-0.4, -0.2) is 47.6 Å². The van der Waals surface area contributed by atoms with Crippen LogP contribution in [0.3, 0.4) is 0 Å². The summed E-state index contributed by atoms with van der Waals surface area (Å²) in [4.78, 5) is 37.4. The van der Waals surface area contributed by atoms with Crippen molar-refractivity contribution < 1.29 is 18.8 Å². The van der Waals surface area contributed by atoms with Gasteiger partial charge < -0.3 is 14.5 Å². The van der Waals surface area contributed by atoms with Crippen molar-refractivity contribution in [2.24, 2.45) is 5.10 Å². The molecule has 0 aliphatic carbocycles. The molecular weight excluding hydrogens is 332 g/mol. The number of rotatable bonds is 5. The number of hydrogen-bond donors (Lipinski definition) is 1. The molecule has 1 aliphatic rings. The standard InChI is InChI=1S/C15H14N4O4S/c20-10-12(13-4-2-8-24-13)17-14(21)18-5-6-19(15(18)22)16-9-11-3-1-7-23-11/h1-4,7-10,12H,5-6H2,(H,17,21). The van der Waals surface area contributed by atoms with E-state index in [1.54, 1.807) is 24.3 Å². The number of thiophene rings is 1. The number of urea groups is 2. The van der Waals surface area contributed by atoms with Gasteiger partial charge >= 0.3 is 12.1 Å². The van der Waals surface area contributed by atoms with Gasteiger partial charge in [-0.3, -0.25) is 0 Å². The molecule has 8 nitrogen and oxygen atoms in total. The van der Waals surface area contributed by atoms with E-state index in [0.29, 0.717) is 16.9 Å². The zero-order valence-electron chi connectivity index (χ0n) is 12.5. The average molecular weight is 346 g/mol. The number of nitrogens with one attached hydrogen (secondary N) is 1. The van der Waals surface area contributed by atoms with Crippen LogP contribution in [0.5, 0.6) is 0 Å². The fourth-order valence-corrected chi connectivity index (χ4v) is 2.90. The van der Waals surface area contributed by atoms with Gasteiger partial charge in [-0.15, -0.1) is 11.3 Å². The van der Waals surface area contributed by atoms with E-state index >= 15 is 0 Å². The molecule has 3 heterocycles. The number of nitrogens with zero attached hydrogens (tertiary/aromatic N) is 3. The summed E-state index contributed by atoms with van der Waals surface area (Å²) in [5.74, 6) is 0.504. The molecule has 9 heteroatoms. The lowest BCUT2D eigenvalue weighted by Gasteiger charge is -2.17. The summed E-state index contributed by atoms with van der Waals surface area (Å²) >= 11 is 1.35. The summed E-state index contributed by atoms with van der Waals surface area (Å²) in [6, 6.07) is 4.99. The molecule has 0 bridgehead atoms. The van der Waals surface area contributed by atoms with E-state index in [1.807, 2.05) is 5.38 Å². The maximum atomic E-state index is 12.2. The van der Waals surface area contributed by atoms with Crippen molar-refractivity contribution in [3.63, 3.8) is 0 Å². The number of hydrazone groups is 1. The first-order valence-electron chi connectivity index (χ1n) is 7.15. The van der Waals surface area contributed by atoms with Gasteiger partial charge in [0.15, 0.2) is 0 Å². The van der Waals surface area contributed by atoms with Crippen molar-refractivity contribution in [2.75, 3.05) is 13.1 Å². The van der Waals surface area contributed by atoms with Crippen molar-refractivity contribution in [3.05, 3.63) is 46.5 Å². The third-order valence-corrected chi connectivity index (χ3v) is 4.32. The van der Waals surface area contributed by atoms with Crippen LogP contribution in [0.1, 0.15) is 16.7 Å². The van der Waals surface area contributed by atoms with Gasteiger partial charge in [0.1, 0.15) is 18.1 Å². The Morgan fingerprint density at radius 3 is 2.92 bits per heavy atom. The molecule has 0 radical (unpaired) electrons.